The number of carbonyl (C=O) groups excluding carboxylic acids is 2. The lowest BCUT2D eigenvalue weighted by molar-refractivity contribution is -0.136. The van der Waals surface area contributed by atoms with E-state index < -0.39 is 11.8 Å². The first-order valence-corrected chi connectivity index (χ1v) is 7.35. The molecule has 0 unspecified atom stereocenters. The first kappa shape index (κ1) is 15.4. The van der Waals surface area contributed by atoms with Gasteiger partial charge in [-0.05, 0) is 37.9 Å². The summed E-state index contributed by atoms with van der Waals surface area (Å²) in [5.41, 5.74) is 1.43. The van der Waals surface area contributed by atoms with Gasteiger partial charge in [-0.2, -0.15) is 0 Å². The van der Waals surface area contributed by atoms with Crippen molar-refractivity contribution in [1.82, 2.24) is 15.2 Å². The molecule has 6 heteroatoms. The molecule has 6 nitrogen and oxygen atoms in total. The Labute approximate surface area is 124 Å². The maximum Gasteiger partial charge on any atom is 0.313 e. The molecule has 0 radical (unpaired) electrons. The van der Waals surface area contributed by atoms with Gasteiger partial charge in [0.1, 0.15) is 0 Å². The minimum atomic E-state index is -0.652. The molecule has 2 N–H and O–H groups in total. The molecule has 0 aliphatic heterocycles. The molecule has 1 aliphatic rings. The van der Waals surface area contributed by atoms with Crippen LogP contribution in [0.1, 0.15) is 25.3 Å². The third-order valence-corrected chi connectivity index (χ3v) is 3.65. The number of nitrogens with zero attached hydrogens (tertiary/aromatic N) is 2. The zero-order valence-corrected chi connectivity index (χ0v) is 12.6. The van der Waals surface area contributed by atoms with Crippen LogP contribution in [0.25, 0.3) is 0 Å². The lowest BCUT2D eigenvalue weighted by atomic mass is 10.2. The van der Waals surface area contributed by atoms with E-state index in [4.69, 9.17) is 0 Å². The molecule has 0 aromatic carbocycles. The van der Waals surface area contributed by atoms with E-state index in [-0.39, 0.29) is 0 Å². The Morgan fingerprint density at radius 3 is 2.76 bits per heavy atom. The van der Waals surface area contributed by atoms with Crippen LogP contribution in [0.5, 0.6) is 0 Å². The number of nitrogens with one attached hydrogen (secondary N) is 2. The van der Waals surface area contributed by atoms with Gasteiger partial charge in [-0.25, -0.2) is 0 Å². The molecule has 2 rings (SSSR count). The summed E-state index contributed by atoms with van der Waals surface area (Å²) in [6.07, 6.45) is 5.65. The lowest BCUT2D eigenvalue weighted by Gasteiger charge is -2.19. The van der Waals surface area contributed by atoms with Crippen LogP contribution in [-0.4, -0.2) is 47.4 Å². The van der Waals surface area contributed by atoms with Gasteiger partial charge >= 0.3 is 11.8 Å². The van der Waals surface area contributed by atoms with Gasteiger partial charge in [0.15, 0.2) is 0 Å². The summed E-state index contributed by atoms with van der Waals surface area (Å²) in [6.45, 7) is 6.21. The second kappa shape index (κ2) is 7.17. The molecule has 114 valence electrons. The summed E-state index contributed by atoms with van der Waals surface area (Å²) < 4.78 is 0. The highest BCUT2D eigenvalue weighted by atomic mass is 16.2. The van der Waals surface area contributed by atoms with Crippen molar-refractivity contribution in [2.24, 2.45) is 0 Å². The molecule has 0 spiro atoms. The normalized spacial score (nSPS) is 14.0. The van der Waals surface area contributed by atoms with Crippen molar-refractivity contribution in [3.05, 3.63) is 24.0 Å². The molecule has 1 saturated carbocycles. The van der Waals surface area contributed by atoms with Crippen LogP contribution in [0.3, 0.4) is 0 Å². The van der Waals surface area contributed by atoms with E-state index in [9.17, 15) is 9.59 Å². The molecule has 1 heterocycles. The Balaban J connectivity index is 1.75. The average Bonchev–Trinajstić information content (AvgIpc) is 3.30. The third-order valence-electron chi connectivity index (χ3n) is 3.65. The van der Waals surface area contributed by atoms with Gasteiger partial charge in [-0.15, -0.1) is 0 Å². The molecule has 0 saturated heterocycles. The van der Waals surface area contributed by atoms with Gasteiger partial charge in [0.25, 0.3) is 0 Å². The quantitative estimate of drug-likeness (QED) is 0.764. The zero-order chi connectivity index (χ0) is 15.2. The third kappa shape index (κ3) is 4.53. The number of anilines is 1. The molecule has 21 heavy (non-hydrogen) atoms. The summed E-state index contributed by atoms with van der Waals surface area (Å²) in [5, 5.41) is 5.23. The molecule has 1 aromatic heterocycles. The molecule has 2 amide bonds. The van der Waals surface area contributed by atoms with Crippen molar-refractivity contribution in [2.75, 3.05) is 25.0 Å². The fourth-order valence-corrected chi connectivity index (χ4v) is 2.21. The fraction of sp³-hybridized carbons (Fsp3) is 0.533. The van der Waals surface area contributed by atoms with E-state index in [0.717, 1.165) is 18.7 Å². The van der Waals surface area contributed by atoms with E-state index in [0.29, 0.717) is 18.3 Å². The highest BCUT2D eigenvalue weighted by Crippen LogP contribution is 2.25. The smallest absolute Gasteiger partial charge is 0.313 e. The Kier molecular flexibility index (Phi) is 5.27. The number of hydrogen-bond acceptors (Lipinski definition) is 4. The average molecular weight is 290 g/mol. The van der Waals surface area contributed by atoms with E-state index in [1.54, 1.807) is 12.3 Å². The molecule has 1 aliphatic carbocycles. The Morgan fingerprint density at radius 1 is 1.38 bits per heavy atom. The number of aryl methyl sites for hydroxylation is 1. The van der Waals surface area contributed by atoms with Crippen molar-refractivity contribution >= 4 is 17.5 Å². The number of carbonyl (C=O) groups is 2. The number of likely N-dealkylation sites (N-methyl/N-ethyl adjacent to an activating group) is 1. The lowest BCUT2D eigenvalue weighted by Crippen LogP contribution is -2.40. The number of rotatable bonds is 6. The summed E-state index contributed by atoms with van der Waals surface area (Å²) in [5.74, 6) is -1.26. The van der Waals surface area contributed by atoms with Crippen molar-refractivity contribution in [3.63, 3.8) is 0 Å². The number of pyridine rings is 1. The summed E-state index contributed by atoms with van der Waals surface area (Å²) in [7, 11) is 0. The topological polar surface area (TPSA) is 74.3 Å². The van der Waals surface area contributed by atoms with Crippen LogP contribution < -0.4 is 10.6 Å². The molecular formula is C15H22N4O2. The molecule has 0 atom stereocenters. The van der Waals surface area contributed by atoms with Crippen LogP contribution >= 0.6 is 0 Å². The monoisotopic (exact) mass is 290 g/mol. The van der Waals surface area contributed by atoms with Gasteiger partial charge in [-0.3, -0.25) is 19.5 Å². The Morgan fingerprint density at radius 2 is 2.14 bits per heavy atom. The van der Waals surface area contributed by atoms with Crippen LogP contribution in [0.4, 0.5) is 5.69 Å². The predicted octanol–water partition coefficient (Wildman–Crippen LogP) is 0.929. The van der Waals surface area contributed by atoms with Crippen LogP contribution in [0.2, 0.25) is 0 Å². The summed E-state index contributed by atoms with van der Waals surface area (Å²) in [4.78, 5) is 29.8. The standard InChI is InChI=1S/C15H22N4O2/c1-3-19(12-4-5-12)9-8-17-14(20)15(21)18-13-10-16-7-6-11(13)2/h6-7,10,12H,3-5,8-9H2,1-2H3,(H,17,20)(H,18,21). The van der Waals surface area contributed by atoms with Crippen molar-refractivity contribution < 1.29 is 9.59 Å². The second-order valence-electron chi connectivity index (χ2n) is 5.26. The number of aromatic nitrogens is 1. The van der Waals surface area contributed by atoms with Gasteiger partial charge < -0.3 is 10.6 Å². The number of hydrogen-bond donors (Lipinski definition) is 2. The van der Waals surface area contributed by atoms with Crippen LogP contribution in [-0.2, 0) is 9.59 Å². The van der Waals surface area contributed by atoms with E-state index in [1.165, 1.54) is 19.0 Å². The first-order chi connectivity index (χ1) is 10.1. The summed E-state index contributed by atoms with van der Waals surface area (Å²) in [6, 6.07) is 2.45. The van der Waals surface area contributed by atoms with Gasteiger partial charge in [0.05, 0.1) is 11.9 Å². The van der Waals surface area contributed by atoms with E-state index >= 15 is 0 Å². The largest absolute Gasteiger partial charge is 0.347 e. The van der Waals surface area contributed by atoms with E-state index in [2.05, 4.69) is 27.4 Å². The Bertz CT molecular complexity index is 514. The molecule has 1 aromatic rings. The van der Waals surface area contributed by atoms with Crippen molar-refractivity contribution in [2.45, 2.75) is 32.7 Å². The number of amides is 2. The van der Waals surface area contributed by atoms with Crippen molar-refractivity contribution in [1.29, 1.82) is 0 Å². The van der Waals surface area contributed by atoms with Crippen LogP contribution in [0.15, 0.2) is 18.5 Å². The van der Waals surface area contributed by atoms with Crippen molar-refractivity contribution in [3.8, 4) is 0 Å². The van der Waals surface area contributed by atoms with Crippen LogP contribution in [0, 0.1) is 6.92 Å². The van der Waals surface area contributed by atoms with E-state index in [1.807, 2.05) is 6.92 Å². The minimum Gasteiger partial charge on any atom is -0.347 e. The molecule has 1 fully saturated rings. The fourth-order valence-electron chi connectivity index (χ4n) is 2.21. The highest BCUT2D eigenvalue weighted by Gasteiger charge is 2.27. The highest BCUT2D eigenvalue weighted by molar-refractivity contribution is 6.39. The minimum absolute atomic E-state index is 0.489. The Hall–Kier alpha value is -1.95. The maximum atomic E-state index is 11.8. The maximum absolute atomic E-state index is 11.8. The predicted molar refractivity (Wildman–Crippen MR) is 80.9 cm³/mol. The molecule has 0 bridgehead atoms. The second-order valence-corrected chi connectivity index (χ2v) is 5.26. The van der Waals surface area contributed by atoms with Gasteiger partial charge in [-0.1, -0.05) is 6.92 Å². The SMILES string of the molecule is CCN(CCNC(=O)C(=O)Nc1cnccc1C)C1CC1. The molecular weight excluding hydrogens is 268 g/mol. The summed E-state index contributed by atoms with van der Waals surface area (Å²) >= 11 is 0. The zero-order valence-electron chi connectivity index (χ0n) is 12.6. The van der Waals surface area contributed by atoms with Gasteiger partial charge in [0, 0.05) is 25.3 Å². The van der Waals surface area contributed by atoms with Gasteiger partial charge in [0.2, 0.25) is 0 Å². The first-order valence-electron chi connectivity index (χ1n) is 7.35.